The maximum atomic E-state index is 12.0. The lowest BCUT2D eigenvalue weighted by molar-refractivity contribution is -0.384. The van der Waals surface area contributed by atoms with Gasteiger partial charge in [0.1, 0.15) is 5.75 Å². The molecule has 4 rings (SSSR count). The van der Waals surface area contributed by atoms with Crippen molar-refractivity contribution >= 4 is 11.7 Å². The van der Waals surface area contributed by atoms with Crippen molar-refractivity contribution in [2.75, 3.05) is 7.11 Å². The molecule has 1 aliphatic rings. The first-order valence-electron chi connectivity index (χ1n) is 8.24. The third-order valence-corrected chi connectivity index (χ3v) is 4.58. The molecule has 8 nitrogen and oxygen atoms in total. The Kier molecular flexibility index (Phi) is 4.08. The molecule has 0 fully saturated rings. The molecule has 0 amide bonds. The van der Waals surface area contributed by atoms with E-state index < -0.39 is 10.9 Å². The van der Waals surface area contributed by atoms with Gasteiger partial charge in [-0.15, -0.1) is 5.10 Å². The molecule has 0 saturated carbocycles. The summed E-state index contributed by atoms with van der Waals surface area (Å²) in [6, 6.07) is 13.6. The number of nitrogens with zero attached hydrogens (tertiary/aromatic N) is 2. The van der Waals surface area contributed by atoms with Crippen LogP contribution in [0.1, 0.15) is 23.5 Å². The van der Waals surface area contributed by atoms with Crippen molar-refractivity contribution in [2.45, 2.75) is 12.3 Å². The van der Waals surface area contributed by atoms with Gasteiger partial charge >= 0.3 is 5.97 Å². The summed E-state index contributed by atoms with van der Waals surface area (Å²) in [7, 11) is 1.59. The Morgan fingerprint density at radius 1 is 1.19 bits per heavy atom. The molecule has 1 aliphatic heterocycles. The molecule has 3 aromatic rings. The molecular weight excluding hydrogens is 350 g/mol. The highest BCUT2D eigenvalue weighted by Gasteiger charge is 2.34. The molecule has 1 atom stereocenters. The SMILES string of the molecule is COc1ccc(-c2[nH]nc3c2[C@H](c2ccc([N+](=O)[O-])cc2)CC(=O)O3)cc1. The molecule has 0 unspecified atom stereocenters. The number of non-ortho nitro benzene ring substituents is 1. The zero-order chi connectivity index (χ0) is 19.0. The Balaban J connectivity index is 1.78. The van der Waals surface area contributed by atoms with E-state index in [9.17, 15) is 14.9 Å². The number of H-pyrrole nitrogens is 1. The van der Waals surface area contributed by atoms with Crippen molar-refractivity contribution < 1.29 is 19.2 Å². The van der Waals surface area contributed by atoms with Gasteiger partial charge in [0, 0.05) is 23.6 Å². The fourth-order valence-corrected chi connectivity index (χ4v) is 3.24. The van der Waals surface area contributed by atoms with Crippen LogP contribution in [0.4, 0.5) is 5.69 Å². The minimum atomic E-state index is -0.453. The van der Waals surface area contributed by atoms with Crippen LogP contribution in [0.15, 0.2) is 48.5 Å². The zero-order valence-electron chi connectivity index (χ0n) is 14.3. The summed E-state index contributed by atoms with van der Waals surface area (Å²) in [6.07, 6.45) is 0.132. The largest absolute Gasteiger partial charge is 0.497 e. The van der Waals surface area contributed by atoms with E-state index in [1.54, 1.807) is 19.2 Å². The second kappa shape index (κ2) is 6.56. The van der Waals surface area contributed by atoms with Crippen LogP contribution >= 0.6 is 0 Å². The lowest BCUT2D eigenvalue weighted by Crippen LogP contribution is -2.20. The number of nitro groups is 1. The number of ether oxygens (including phenoxy) is 2. The van der Waals surface area contributed by atoms with Crippen molar-refractivity contribution in [1.82, 2.24) is 10.2 Å². The Labute approximate surface area is 153 Å². The van der Waals surface area contributed by atoms with Crippen LogP contribution in [-0.2, 0) is 4.79 Å². The van der Waals surface area contributed by atoms with Crippen LogP contribution in [0.3, 0.4) is 0 Å². The molecular formula is C19H15N3O5. The molecule has 8 heteroatoms. The van der Waals surface area contributed by atoms with Crippen LogP contribution in [0.2, 0.25) is 0 Å². The smallest absolute Gasteiger partial charge is 0.313 e. The van der Waals surface area contributed by atoms with Gasteiger partial charge in [-0.25, -0.2) is 0 Å². The first kappa shape index (κ1) is 16.8. The van der Waals surface area contributed by atoms with Crippen LogP contribution in [-0.4, -0.2) is 28.2 Å². The Hall–Kier alpha value is -3.68. The molecule has 2 aromatic carbocycles. The number of fused-ring (bicyclic) bond motifs is 1. The Morgan fingerprint density at radius 3 is 2.52 bits per heavy atom. The minimum absolute atomic E-state index is 0.0000640. The lowest BCUT2D eigenvalue weighted by atomic mass is 9.85. The van der Waals surface area contributed by atoms with Crippen LogP contribution in [0, 0.1) is 10.1 Å². The molecule has 27 heavy (non-hydrogen) atoms. The van der Waals surface area contributed by atoms with E-state index in [0.717, 1.165) is 28.1 Å². The molecule has 0 radical (unpaired) electrons. The number of benzene rings is 2. The first-order valence-corrected chi connectivity index (χ1v) is 8.24. The maximum Gasteiger partial charge on any atom is 0.313 e. The van der Waals surface area contributed by atoms with Gasteiger partial charge in [-0.05, 0) is 29.8 Å². The van der Waals surface area contributed by atoms with Gasteiger partial charge in [-0.2, -0.15) is 0 Å². The Morgan fingerprint density at radius 2 is 1.89 bits per heavy atom. The van der Waals surface area contributed by atoms with Gasteiger partial charge in [0.25, 0.3) is 5.69 Å². The number of esters is 1. The van der Waals surface area contributed by atoms with Crippen molar-refractivity contribution in [3.05, 3.63) is 69.8 Å². The van der Waals surface area contributed by atoms with Gasteiger partial charge in [0.2, 0.25) is 5.88 Å². The predicted octanol–water partition coefficient (Wildman–Crippen LogP) is 3.43. The van der Waals surface area contributed by atoms with E-state index in [4.69, 9.17) is 9.47 Å². The van der Waals surface area contributed by atoms with Crippen molar-refractivity contribution in [2.24, 2.45) is 0 Å². The summed E-state index contributed by atoms with van der Waals surface area (Å²) in [5.74, 6) is 0.266. The van der Waals surface area contributed by atoms with E-state index in [-0.39, 0.29) is 23.9 Å². The van der Waals surface area contributed by atoms with Gasteiger partial charge in [0.15, 0.2) is 0 Å². The van der Waals surface area contributed by atoms with Crippen molar-refractivity contribution in [1.29, 1.82) is 0 Å². The highest BCUT2D eigenvalue weighted by molar-refractivity contribution is 5.80. The topological polar surface area (TPSA) is 107 Å². The molecule has 136 valence electrons. The Bertz CT molecular complexity index is 1010. The fourth-order valence-electron chi connectivity index (χ4n) is 3.24. The fraction of sp³-hybridized carbons (Fsp3) is 0.158. The number of aromatic nitrogens is 2. The van der Waals surface area contributed by atoms with Crippen LogP contribution in [0.5, 0.6) is 11.6 Å². The number of hydrogen-bond donors (Lipinski definition) is 1. The van der Waals surface area contributed by atoms with E-state index >= 15 is 0 Å². The summed E-state index contributed by atoms with van der Waals surface area (Å²) < 4.78 is 10.5. The number of nitrogens with one attached hydrogen (secondary N) is 1. The van der Waals surface area contributed by atoms with Gasteiger partial charge < -0.3 is 9.47 Å². The van der Waals surface area contributed by atoms with E-state index in [1.807, 2.05) is 24.3 Å². The predicted molar refractivity (Wildman–Crippen MR) is 95.8 cm³/mol. The third kappa shape index (κ3) is 3.01. The molecule has 1 aromatic heterocycles. The van der Waals surface area contributed by atoms with Crippen LogP contribution in [0.25, 0.3) is 11.3 Å². The second-order valence-corrected chi connectivity index (χ2v) is 6.13. The summed E-state index contributed by atoms with van der Waals surface area (Å²) in [5.41, 5.74) is 3.15. The quantitative estimate of drug-likeness (QED) is 0.431. The minimum Gasteiger partial charge on any atom is -0.497 e. The number of carbonyl (C=O) groups excluding carboxylic acids is 1. The summed E-state index contributed by atoms with van der Waals surface area (Å²) in [6.45, 7) is 0. The molecule has 0 spiro atoms. The molecule has 0 aliphatic carbocycles. The zero-order valence-corrected chi connectivity index (χ0v) is 14.3. The van der Waals surface area contributed by atoms with Gasteiger partial charge in [0.05, 0.1) is 29.7 Å². The lowest BCUT2D eigenvalue weighted by Gasteiger charge is -2.22. The van der Waals surface area contributed by atoms with Crippen molar-refractivity contribution in [3.63, 3.8) is 0 Å². The number of nitro benzene ring substituents is 1. The number of methoxy groups -OCH3 is 1. The molecule has 1 N–H and O–H groups in total. The number of hydrogen-bond acceptors (Lipinski definition) is 6. The van der Waals surface area contributed by atoms with E-state index in [1.165, 1.54) is 12.1 Å². The average molecular weight is 365 g/mol. The van der Waals surface area contributed by atoms with Gasteiger partial charge in [-0.1, -0.05) is 12.1 Å². The first-order chi connectivity index (χ1) is 13.1. The molecule has 0 saturated heterocycles. The number of carbonyl (C=O) groups is 1. The van der Waals surface area contributed by atoms with Crippen molar-refractivity contribution in [3.8, 4) is 22.9 Å². The monoisotopic (exact) mass is 365 g/mol. The van der Waals surface area contributed by atoms with Crippen LogP contribution < -0.4 is 9.47 Å². The molecule has 2 heterocycles. The highest BCUT2D eigenvalue weighted by atomic mass is 16.6. The standard InChI is InChI=1S/C19H15N3O5/c1-26-14-8-4-12(5-9-14)18-17-15(10-16(23)27-19(17)21-20-18)11-2-6-13(7-3-11)22(24)25/h2-9,15H,10H2,1H3,(H,20,21)/t15-/m0/s1. The molecule has 0 bridgehead atoms. The second-order valence-electron chi connectivity index (χ2n) is 6.13. The number of aromatic amines is 1. The van der Waals surface area contributed by atoms with E-state index in [0.29, 0.717) is 0 Å². The normalized spacial score (nSPS) is 15.7. The van der Waals surface area contributed by atoms with E-state index in [2.05, 4.69) is 10.2 Å². The average Bonchev–Trinajstić information content (AvgIpc) is 3.11. The summed E-state index contributed by atoms with van der Waals surface area (Å²) in [5, 5.41) is 18.0. The summed E-state index contributed by atoms with van der Waals surface area (Å²) in [4.78, 5) is 22.5. The number of rotatable bonds is 4. The highest BCUT2D eigenvalue weighted by Crippen LogP contribution is 2.43. The third-order valence-electron chi connectivity index (χ3n) is 4.58. The summed E-state index contributed by atoms with van der Waals surface area (Å²) >= 11 is 0. The van der Waals surface area contributed by atoms with Gasteiger partial charge in [-0.3, -0.25) is 20.0 Å². The maximum absolute atomic E-state index is 12.0.